The van der Waals surface area contributed by atoms with Crippen LogP contribution in [0, 0.1) is 0 Å². The minimum atomic E-state index is -0.100. The van der Waals surface area contributed by atoms with Crippen LogP contribution in [0.4, 0.5) is 0 Å². The molecule has 1 aliphatic heterocycles. The van der Waals surface area contributed by atoms with Gasteiger partial charge in [0, 0.05) is 38.6 Å². The molecule has 1 heterocycles. The standard InChI is InChI=1S/C14H26N4O2.2ClH/c1-11(14(20)16-12-4-5-12)17-7-9-18(10-8-17)13(19)3-2-6-15;;/h11-12H,2-10,15H2,1H3,(H,16,20);2*1H. The Hall–Kier alpha value is -0.560. The summed E-state index contributed by atoms with van der Waals surface area (Å²) in [7, 11) is 0. The predicted octanol–water partition coefficient (Wildman–Crippen LogP) is 0.380. The van der Waals surface area contributed by atoms with Crippen LogP contribution in [0.1, 0.15) is 32.6 Å². The summed E-state index contributed by atoms with van der Waals surface area (Å²) in [6, 6.07) is 0.306. The summed E-state index contributed by atoms with van der Waals surface area (Å²) >= 11 is 0. The molecule has 1 atom stereocenters. The van der Waals surface area contributed by atoms with Crippen LogP contribution in [0.25, 0.3) is 0 Å². The highest BCUT2D eigenvalue weighted by molar-refractivity contribution is 5.85. The molecule has 2 rings (SSSR count). The third-order valence-corrected chi connectivity index (χ3v) is 4.11. The topological polar surface area (TPSA) is 78.7 Å². The monoisotopic (exact) mass is 354 g/mol. The van der Waals surface area contributed by atoms with E-state index in [2.05, 4.69) is 10.2 Å². The van der Waals surface area contributed by atoms with Crippen LogP contribution >= 0.6 is 24.8 Å². The van der Waals surface area contributed by atoms with Gasteiger partial charge in [-0.05, 0) is 32.7 Å². The molecule has 0 bridgehead atoms. The van der Waals surface area contributed by atoms with Crippen molar-refractivity contribution in [1.82, 2.24) is 15.1 Å². The summed E-state index contributed by atoms with van der Waals surface area (Å²) in [6.07, 6.45) is 3.51. The number of hydrogen-bond donors (Lipinski definition) is 2. The fourth-order valence-corrected chi connectivity index (χ4v) is 2.49. The summed E-state index contributed by atoms with van der Waals surface area (Å²) in [5, 5.41) is 3.04. The van der Waals surface area contributed by atoms with Gasteiger partial charge >= 0.3 is 0 Å². The molecule has 22 heavy (non-hydrogen) atoms. The van der Waals surface area contributed by atoms with Gasteiger partial charge in [-0.15, -0.1) is 24.8 Å². The van der Waals surface area contributed by atoms with Crippen molar-refractivity contribution < 1.29 is 9.59 Å². The zero-order valence-electron chi connectivity index (χ0n) is 13.1. The second-order valence-corrected chi connectivity index (χ2v) is 5.77. The Bertz CT molecular complexity index is 359. The Morgan fingerprint density at radius 3 is 2.27 bits per heavy atom. The predicted molar refractivity (Wildman–Crippen MR) is 91.6 cm³/mol. The van der Waals surface area contributed by atoms with Gasteiger partial charge < -0.3 is 16.0 Å². The molecule has 6 nitrogen and oxygen atoms in total. The van der Waals surface area contributed by atoms with Crippen molar-refractivity contribution in [3.05, 3.63) is 0 Å². The van der Waals surface area contributed by atoms with Crippen molar-refractivity contribution in [3.63, 3.8) is 0 Å². The smallest absolute Gasteiger partial charge is 0.237 e. The molecule has 0 spiro atoms. The van der Waals surface area contributed by atoms with Gasteiger partial charge in [0.05, 0.1) is 6.04 Å². The van der Waals surface area contributed by atoms with Gasteiger partial charge in [-0.25, -0.2) is 0 Å². The van der Waals surface area contributed by atoms with Crippen molar-refractivity contribution in [2.75, 3.05) is 32.7 Å². The van der Waals surface area contributed by atoms with Gasteiger partial charge in [0.25, 0.3) is 0 Å². The number of halogens is 2. The Balaban J connectivity index is 0.00000220. The fraction of sp³-hybridized carbons (Fsp3) is 0.857. The van der Waals surface area contributed by atoms with Gasteiger partial charge in [-0.3, -0.25) is 14.5 Å². The van der Waals surface area contributed by atoms with Crippen molar-refractivity contribution in [3.8, 4) is 0 Å². The first-order chi connectivity index (χ1) is 9.61. The molecule has 2 amide bonds. The number of rotatable bonds is 6. The van der Waals surface area contributed by atoms with E-state index in [4.69, 9.17) is 5.73 Å². The lowest BCUT2D eigenvalue weighted by Gasteiger charge is -2.37. The van der Waals surface area contributed by atoms with Gasteiger partial charge in [0.1, 0.15) is 0 Å². The summed E-state index contributed by atoms with van der Waals surface area (Å²) in [4.78, 5) is 27.9. The molecular formula is C14H28Cl2N4O2. The minimum Gasteiger partial charge on any atom is -0.352 e. The molecule has 3 N–H and O–H groups in total. The third-order valence-electron chi connectivity index (χ3n) is 4.11. The Kier molecular flexibility index (Phi) is 10.00. The van der Waals surface area contributed by atoms with Crippen LogP contribution in [0.15, 0.2) is 0 Å². The second-order valence-electron chi connectivity index (χ2n) is 5.77. The zero-order valence-corrected chi connectivity index (χ0v) is 14.8. The van der Waals surface area contributed by atoms with Crippen molar-refractivity contribution in [2.24, 2.45) is 5.73 Å². The van der Waals surface area contributed by atoms with E-state index in [1.807, 2.05) is 11.8 Å². The van der Waals surface area contributed by atoms with Gasteiger partial charge in [0.2, 0.25) is 11.8 Å². The summed E-state index contributed by atoms with van der Waals surface area (Å²) in [6.45, 7) is 5.48. The molecule has 0 aromatic rings. The molecule has 0 aromatic heterocycles. The highest BCUT2D eigenvalue weighted by atomic mass is 35.5. The maximum atomic E-state index is 12.0. The molecule has 130 valence electrons. The van der Waals surface area contributed by atoms with Crippen molar-refractivity contribution in [2.45, 2.75) is 44.7 Å². The van der Waals surface area contributed by atoms with Gasteiger partial charge in [-0.1, -0.05) is 0 Å². The van der Waals surface area contributed by atoms with Crippen LogP contribution in [-0.2, 0) is 9.59 Å². The van der Waals surface area contributed by atoms with Crippen LogP contribution in [0.3, 0.4) is 0 Å². The molecule has 0 radical (unpaired) electrons. The Morgan fingerprint density at radius 2 is 1.77 bits per heavy atom. The quantitative estimate of drug-likeness (QED) is 0.722. The number of carbonyl (C=O) groups is 2. The number of carbonyl (C=O) groups excluding carboxylic acids is 2. The van der Waals surface area contributed by atoms with Crippen LogP contribution in [0.2, 0.25) is 0 Å². The van der Waals surface area contributed by atoms with E-state index in [0.29, 0.717) is 32.1 Å². The van der Waals surface area contributed by atoms with E-state index in [-0.39, 0.29) is 42.7 Å². The lowest BCUT2D eigenvalue weighted by atomic mass is 10.2. The second kappa shape index (κ2) is 10.3. The first kappa shape index (κ1) is 21.4. The number of hydrogen-bond acceptors (Lipinski definition) is 4. The van der Waals surface area contributed by atoms with E-state index in [1.165, 1.54) is 0 Å². The summed E-state index contributed by atoms with van der Waals surface area (Å²) in [5.74, 6) is 0.306. The lowest BCUT2D eigenvalue weighted by Crippen LogP contribution is -2.55. The maximum absolute atomic E-state index is 12.0. The lowest BCUT2D eigenvalue weighted by molar-refractivity contribution is -0.134. The van der Waals surface area contributed by atoms with E-state index >= 15 is 0 Å². The van der Waals surface area contributed by atoms with E-state index in [9.17, 15) is 9.59 Å². The average molecular weight is 355 g/mol. The summed E-state index contributed by atoms with van der Waals surface area (Å²) < 4.78 is 0. The van der Waals surface area contributed by atoms with Crippen LogP contribution in [-0.4, -0.2) is 66.4 Å². The van der Waals surface area contributed by atoms with Crippen molar-refractivity contribution in [1.29, 1.82) is 0 Å². The van der Waals surface area contributed by atoms with Gasteiger partial charge in [-0.2, -0.15) is 0 Å². The van der Waals surface area contributed by atoms with Crippen LogP contribution < -0.4 is 11.1 Å². The molecule has 1 saturated carbocycles. The molecule has 8 heteroatoms. The number of amides is 2. The maximum Gasteiger partial charge on any atom is 0.237 e. The Morgan fingerprint density at radius 1 is 1.18 bits per heavy atom. The van der Waals surface area contributed by atoms with Crippen LogP contribution in [0.5, 0.6) is 0 Å². The summed E-state index contributed by atoms with van der Waals surface area (Å²) in [5.41, 5.74) is 5.42. The molecule has 0 aromatic carbocycles. The number of piperazine rings is 1. The number of nitrogens with one attached hydrogen (secondary N) is 1. The molecule has 1 unspecified atom stereocenters. The van der Waals surface area contributed by atoms with E-state index in [1.54, 1.807) is 0 Å². The Labute approximate surface area is 145 Å². The fourth-order valence-electron chi connectivity index (χ4n) is 2.49. The third kappa shape index (κ3) is 6.28. The highest BCUT2D eigenvalue weighted by Crippen LogP contribution is 2.19. The average Bonchev–Trinajstić information content (AvgIpc) is 3.28. The number of nitrogens with zero attached hydrogens (tertiary/aromatic N) is 2. The SMILES string of the molecule is CC(C(=O)NC1CC1)N1CCN(C(=O)CCCN)CC1.Cl.Cl. The molecule has 2 aliphatic rings. The molecule has 1 aliphatic carbocycles. The highest BCUT2D eigenvalue weighted by Gasteiger charge is 2.30. The van der Waals surface area contributed by atoms with Gasteiger partial charge in [0.15, 0.2) is 0 Å². The van der Waals surface area contributed by atoms with E-state index in [0.717, 1.165) is 32.4 Å². The van der Waals surface area contributed by atoms with Crippen molar-refractivity contribution >= 4 is 36.6 Å². The minimum absolute atomic E-state index is 0. The largest absolute Gasteiger partial charge is 0.352 e. The number of nitrogens with two attached hydrogens (primary N) is 1. The normalized spacial score (nSPS) is 19.6. The first-order valence-electron chi connectivity index (χ1n) is 7.64. The molecule has 2 fully saturated rings. The first-order valence-corrected chi connectivity index (χ1v) is 7.64. The molecular weight excluding hydrogens is 327 g/mol. The zero-order chi connectivity index (χ0) is 14.5. The van der Waals surface area contributed by atoms with E-state index < -0.39 is 0 Å². The molecule has 1 saturated heterocycles.